The largest absolute Gasteiger partial charge is 0.379 e. The first-order valence-electron chi connectivity index (χ1n) is 7.08. The van der Waals surface area contributed by atoms with E-state index in [4.69, 9.17) is 4.74 Å². The summed E-state index contributed by atoms with van der Waals surface area (Å²) in [6.07, 6.45) is 1.14. The van der Waals surface area contributed by atoms with Crippen LogP contribution in [0.2, 0.25) is 0 Å². The molecule has 0 spiro atoms. The smallest absolute Gasteiger partial charge is 0.0620 e. The molecule has 2 atom stereocenters. The Bertz CT molecular complexity index is 225. The number of morpholine rings is 1. The van der Waals surface area contributed by atoms with Gasteiger partial charge in [-0.05, 0) is 32.9 Å². The van der Waals surface area contributed by atoms with Gasteiger partial charge in [0, 0.05) is 31.7 Å². The third kappa shape index (κ3) is 6.69. The molecule has 4 nitrogen and oxygen atoms in total. The molecule has 0 aliphatic carbocycles. The van der Waals surface area contributed by atoms with Crippen molar-refractivity contribution in [2.75, 3.05) is 46.9 Å². The van der Waals surface area contributed by atoms with Crippen LogP contribution in [0.3, 0.4) is 0 Å². The lowest BCUT2D eigenvalue weighted by Crippen LogP contribution is -2.47. The fourth-order valence-electron chi connectivity index (χ4n) is 2.64. The van der Waals surface area contributed by atoms with E-state index in [1.165, 1.54) is 0 Å². The lowest BCUT2D eigenvalue weighted by molar-refractivity contribution is 0.0706. The summed E-state index contributed by atoms with van der Waals surface area (Å²) >= 11 is 0. The van der Waals surface area contributed by atoms with E-state index in [1.807, 2.05) is 0 Å². The molecular formula is C14H31N3O. The summed E-state index contributed by atoms with van der Waals surface area (Å²) in [5.74, 6) is 0. The second-order valence-corrected chi connectivity index (χ2v) is 6.65. The maximum absolute atomic E-state index is 5.48. The van der Waals surface area contributed by atoms with Crippen molar-refractivity contribution in [3.63, 3.8) is 0 Å². The van der Waals surface area contributed by atoms with Crippen LogP contribution in [0.5, 0.6) is 0 Å². The number of hydrogen-bond acceptors (Lipinski definition) is 4. The first-order chi connectivity index (χ1) is 8.39. The number of ether oxygens (including phenoxy) is 1. The van der Waals surface area contributed by atoms with Gasteiger partial charge in [-0.1, -0.05) is 13.8 Å². The van der Waals surface area contributed by atoms with Gasteiger partial charge in [-0.2, -0.15) is 0 Å². The zero-order chi connectivity index (χ0) is 13.6. The van der Waals surface area contributed by atoms with E-state index < -0.39 is 0 Å². The van der Waals surface area contributed by atoms with Crippen LogP contribution in [-0.2, 0) is 4.74 Å². The Morgan fingerprint density at radius 3 is 2.72 bits per heavy atom. The van der Waals surface area contributed by atoms with Gasteiger partial charge in [0.25, 0.3) is 0 Å². The molecule has 4 heteroatoms. The number of nitrogens with one attached hydrogen (secondary N) is 2. The topological polar surface area (TPSA) is 36.5 Å². The summed E-state index contributed by atoms with van der Waals surface area (Å²) in [5, 5.41) is 7.16. The Morgan fingerprint density at radius 2 is 2.17 bits per heavy atom. The second kappa shape index (κ2) is 7.43. The van der Waals surface area contributed by atoms with E-state index in [0.29, 0.717) is 17.5 Å². The predicted octanol–water partition coefficient (Wildman–Crippen LogP) is 0.931. The minimum atomic E-state index is 0.314. The molecule has 0 bridgehead atoms. The van der Waals surface area contributed by atoms with Gasteiger partial charge in [0.1, 0.15) is 0 Å². The number of rotatable bonds is 7. The van der Waals surface area contributed by atoms with Crippen LogP contribution < -0.4 is 10.6 Å². The van der Waals surface area contributed by atoms with E-state index in [0.717, 1.165) is 39.3 Å². The Kier molecular flexibility index (Phi) is 6.57. The Balaban J connectivity index is 2.20. The standard InChI is InChI=1S/C14H31N3O/c1-12(8-13-9-18-7-6-15-13)16-10-14(2,3)11-17(4)5/h12-13,15-16H,6-11H2,1-5H3. The molecule has 0 aromatic heterocycles. The van der Waals surface area contributed by atoms with Crippen LogP contribution in [0.25, 0.3) is 0 Å². The maximum atomic E-state index is 5.48. The quantitative estimate of drug-likeness (QED) is 0.711. The maximum Gasteiger partial charge on any atom is 0.0620 e. The molecule has 2 N–H and O–H groups in total. The normalized spacial score (nSPS) is 23.3. The summed E-state index contributed by atoms with van der Waals surface area (Å²) in [7, 11) is 4.27. The monoisotopic (exact) mass is 257 g/mol. The fourth-order valence-corrected chi connectivity index (χ4v) is 2.64. The lowest BCUT2D eigenvalue weighted by atomic mass is 9.92. The molecule has 0 radical (unpaired) electrons. The van der Waals surface area contributed by atoms with Gasteiger partial charge in [-0.15, -0.1) is 0 Å². The van der Waals surface area contributed by atoms with Crippen LogP contribution in [0.4, 0.5) is 0 Å². The number of nitrogens with zero attached hydrogens (tertiary/aromatic N) is 1. The Hall–Kier alpha value is -0.160. The second-order valence-electron chi connectivity index (χ2n) is 6.65. The minimum absolute atomic E-state index is 0.314. The van der Waals surface area contributed by atoms with Gasteiger partial charge in [0.2, 0.25) is 0 Å². The van der Waals surface area contributed by atoms with Crippen LogP contribution in [0.15, 0.2) is 0 Å². The SMILES string of the molecule is CC(CC1COCCN1)NCC(C)(C)CN(C)C. The van der Waals surface area contributed by atoms with Gasteiger partial charge >= 0.3 is 0 Å². The van der Waals surface area contributed by atoms with Crippen molar-refractivity contribution in [1.29, 1.82) is 0 Å². The van der Waals surface area contributed by atoms with Crippen LogP contribution in [0, 0.1) is 5.41 Å². The van der Waals surface area contributed by atoms with E-state index in [1.54, 1.807) is 0 Å². The molecule has 1 aliphatic heterocycles. The van der Waals surface area contributed by atoms with Gasteiger partial charge in [-0.3, -0.25) is 0 Å². The van der Waals surface area contributed by atoms with E-state index >= 15 is 0 Å². The zero-order valence-electron chi connectivity index (χ0n) is 12.8. The molecule has 0 amide bonds. The first-order valence-corrected chi connectivity index (χ1v) is 7.08. The van der Waals surface area contributed by atoms with Crippen molar-refractivity contribution < 1.29 is 4.74 Å². The highest BCUT2D eigenvalue weighted by Gasteiger charge is 2.21. The predicted molar refractivity (Wildman–Crippen MR) is 77.0 cm³/mol. The molecule has 0 saturated carbocycles. The van der Waals surface area contributed by atoms with Gasteiger partial charge in [-0.25, -0.2) is 0 Å². The van der Waals surface area contributed by atoms with E-state index in [2.05, 4.69) is 50.4 Å². The zero-order valence-corrected chi connectivity index (χ0v) is 12.8. The van der Waals surface area contributed by atoms with Crippen molar-refractivity contribution in [1.82, 2.24) is 15.5 Å². The molecule has 1 fully saturated rings. The number of hydrogen-bond donors (Lipinski definition) is 2. The molecule has 1 rings (SSSR count). The summed E-state index contributed by atoms with van der Waals surface area (Å²) in [6.45, 7) is 11.8. The highest BCUT2D eigenvalue weighted by atomic mass is 16.5. The third-order valence-corrected chi connectivity index (χ3v) is 3.31. The van der Waals surface area contributed by atoms with Crippen LogP contribution in [0.1, 0.15) is 27.2 Å². The minimum Gasteiger partial charge on any atom is -0.379 e. The molecule has 0 aromatic carbocycles. The average Bonchev–Trinajstić information content (AvgIpc) is 2.26. The molecule has 1 saturated heterocycles. The van der Waals surface area contributed by atoms with Gasteiger partial charge in [0.05, 0.1) is 13.2 Å². The van der Waals surface area contributed by atoms with Crippen molar-refractivity contribution in [3.05, 3.63) is 0 Å². The highest BCUT2D eigenvalue weighted by Crippen LogP contribution is 2.15. The molecule has 0 aromatic rings. The molecule has 1 heterocycles. The molecule has 1 aliphatic rings. The average molecular weight is 257 g/mol. The summed E-state index contributed by atoms with van der Waals surface area (Å²) in [5.41, 5.74) is 0.314. The molecule has 18 heavy (non-hydrogen) atoms. The van der Waals surface area contributed by atoms with Crippen molar-refractivity contribution in [3.8, 4) is 0 Å². The highest BCUT2D eigenvalue weighted by molar-refractivity contribution is 4.79. The van der Waals surface area contributed by atoms with E-state index in [-0.39, 0.29) is 0 Å². The molecule has 108 valence electrons. The van der Waals surface area contributed by atoms with E-state index in [9.17, 15) is 0 Å². The summed E-state index contributed by atoms with van der Waals surface area (Å²) < 4.78 is 5.48. The van der Waals surface area contributed by atoms with Gasteiger partial charge < -0.3 is 20.3 Å². The summed E-state index contributed by atoms with van der Waals surface area (Å²) in [4.78, 5) is 2.25. The van der Waals surface area contributed by atoms with Crippen LogP contribution >= 0.6 is 0 Å². The van der Waals surface area contributed by atoms with Crippen molar-refractivity contribution >= 4 is 0 Å². The summed E-state index contributed by atoms with van der Waals surface area (Å²) in [6, 6.07) is 1.05. The van der Waals surface area contributed by atoms with Gasteiger partial charge in [0.15, 0.2) is 0 Å². The molecule has 2 unspecified atom stereocenters. The van der Waals surface area contributed by atoms with Crippen molar-refractivity contribution in [2.45, 2.75) is 39.3 Å². The van der Waals surface area contributed by atoms with Crippen molar-refractivity contribution in [2.24, 2.45) is 5.41 Å². The Morgan fingerprint density at radius 1 is 1.44 bits per heavy atom. The first kappa shape index (κ1) is 15.9. The fraction of sp³-hybridized carbons (Fsp3) is 1.00. The van der Waals surface area contributed by atoms with Crippen LogP contribution in [-0.4, -0.2) is 63.9 Å². The lowest BCUT2D eigenvalue weighted by Gasteiger charge is -2.32. The Labute approximate surface area is 112 Å². The molecular weight excluding hydrogens is 226 g/mol. The third-order valence-electron chi connectivity index (χ3n) is 3.31.